The molecule has 1 aliphatic rings. The highest BCUT2D eigenvalue weighted by molar-refractivity contribution is 9.10. The van der Waals surface area contributed by atoms with E-state index in [-0.39, 0.29) is 11.8 Å². The fourth-order valence-corrected chi connectivity index (χ4v) is 2.70. The van der Waals surface area contributed by atoms with E-state index in [9.17, 15) is 4.79 Å². The molecule has 0 aliphatic carbocycles. The van der Waals surface area contributed by atoms with Crippen LogP contribution in [0.15, 0.2) is 35.5 Å². The molecule has 0 saturated carbocycles. The predicted molar refractivity (Wildman–Crippen MR) is 74.5 cm³/mol. The van der Waals surface area contributed by atoms with E-state index < -0.39 is 0 Å². The van der Waals surface area contributed by atoms with Gasteiger partial charge < -0.3 is 4.90 Å². The van der Waals surface area contributed by atoms with Crippen molar-refractivity contribution in [2.45, 2.75) is 6.42 Å². The number of hydrogen-bond donors (Lipinski definition) is 1. The molecular formula is C13H12BrN3O. The van der Waals surface area contributed by atoms with Gasteiger partial charge in [0, 0.05) is 30.0 Å². The number of nitrogens with zero attached hydrogens (tertiary/aromatic N) is 2. The fourth-order valence-electron chi connectivity index (χ4n) is 2.28. The number of carbonyl (C=O) groups is 1. The number of fused-ring (bicyclic) bond motifs is 1. The number of aromatic nitrogens is 2. The molecule has 0 radical (unpaired) electrons. The molecular weight excluding hydrogens is 294 g/mol. The van der Waals surface area contributed by atoms with Gasteiger partial charge in [0.15, 0.2) is 0 Å². The van der Waals surface area contributed by atoms with Crippen LogP contribution in [0.4, 0.5) is 5.69 Å². The van der Waals surface area contributed by atoms with Gasteiger partial charge in [-0.1, -0.05) is 6.08 Å². The van der Waals surface area contributed by atoms with Crippen molar-refractivity contribution < 1.29 is 4.79 Å². The molecule has 0 bridgehead atoms. The summed E-state index contributed by atoms with van der Waals surface area (Å²) < 4.78 is 0.862. The number of anilines is 1. The van der Waals surface area contributed by atoms with Gasteiger partial charge in [-0.3, -0.25) is 9.89 Å². The van der Waals surface area contributed by atoms with Crippen LogP contribution >= 0.6 is 15.9 Å². The zero-order chi connectivity index (χ0) is 12.7. The lowest BCUT2D eigenvalue weighted by Gasteiger charge is -2.16. The van der Waals surface area contributed by atoms with Crippen LogP contribution in [-0.2, 0) is 4.79 Å². The van der Waals surface area contributed by atoms with Gasteiger partial charge in [0.05, 0.1) is 5.52 Å². The van der Waals surface area contributed by atoms with Crippen LogP contribution in [0, 0.1) is 5.92 Å². The zero-order valence-corrected chi connectivity index (χ0v) is 11.3. The molecule has 4 nitrogen and oxygen atoms in total. The van der Waals surface area contributed by atoms with Crippen molar-refractivity contribution in [1.82, 2.24) is 10.2 Å². The molecule has 1 N–H and O–H groups in total. The van der Waals surface area contributed by atoms with Gasteiger partial charge in [0.1, 0.15) is 4.60 Å². The third kappa shape index (κ3) is 1.75. The number of amides is 1. The molecule has 2 aromatic rings. The monoisotopic (exact) mass is 305 g/mol. The lowest BCUT2D eigenvalue weighted by Crippen LogP contribution is -2.24. The van der Waals surface area contributed by atoms with Crippen molar-refractivity contribution in [3.63, 3.8) is 0 Å². The Labute approximate surface area is 113 Å². The van der Waals surface area contributed by atoms with E-state index in [1.807, 2.05) is 24.3 Å². The smallest absolute Gasteiger partial charge is 0.227 e. The van der Waals surface area contributed by atoms with Crippen molar-refractivity contribution in [1.29, 1.82) is 0 Å². The second kappa shape index (κ2) is 4.24. The normalized spacial score (nSPS) is 19.7. The molecule has 1 unspecified atom stereocenters. The van der Waals surface area contributed by atoms with Crippen LogP contribution < -0.4 is 4.90 Å². The Bertz CT molecular complexity index is 634. The Kier molecular flexibility index (Phi) is 2.70. The topological polar surface area (TPSA) is 49.0 Å². The summed E-state index contributed by atoms with van der Waals surface area (Å²) in [5, 5.41) is 8.08. The average Bonchev–Trinajstić information content (AvgIpc) is 2.93. The lowest BCUT2D eigenvalue weighted by atomic mass is 10.1. The Morgan fingerprint density at radius 3 is 3.11 bits per heavy atom. The summed E-state index contributed by atoms with van der Waals surface area (Å²) in [6, 6.07) is 5.85. The molecule has 3 rings (SSSR count). The first-order chi connectivity index (χ1) is 8.69. The maximum absolute atomic E-state index is 11.9. The van der Waals surface area contributed by atoms with Crippen LogP contribution in [0.3, 0.4) is 0 Å². The van der Waals surface area contributed by atoms with E-state index in [1.165, 1.54) is 0 Å². The van der Waals surface area contributed by atoms with E-state index in [0.717, 1.165) is 21.2 Å². The van der Waals surface area contributed by atoms with Crippen LogP contribution in [0.1, 0.15) is 6.42 Å². The zero-order valence-electron chi connectivity index (χ0n) is 9.69. The number of carbonyl (C=O) groups excluding carboxylic acids is 1. The molecule has 1 atom stereocenters. The first-order valence-electron chi connectivity index (χ1n) is 5.75. The number of H-pyrrole nitrogens is 1. The van der Waals surface area contributed by atoms with Crippen LogP contribution in [0.2, 0.25) is 0 Å². The van der Waals surface area contributed by atoms with Crippen molar-refractivity contribution >= 4 is 38.4 Å². The van der Waals surface area contributed by atoms with E-state index >= 15 is 0 Å². The van der Waals surface area contributed by atoms with Crippen LogP contribution in [0.5, 0.6) is 0 Å². The molecule has 1 amide bonds. The second-order valence-corrected chi connectivity index (χ2v) is 5.24. The second-order valence-electron chi connectivity index (χ2n) is 4.44. The predicted octanol–water partition coefficient (Wildman–Crippen LogP) is 2.86. The highest BCUT2D eigenvalue weighted by Crippen LogP contribution is 2.29. The fraction of sp³-hybridized carbons (Fsp3) is 0.231. The number of benzene rings is 1. The van der Waals surface area contributed by atoms with Crippen LogP contribution in [0.25, 0.3) is 10.9 Å². The van der Waals surface area contributed by atoms with Gasteiger partial charge in [-0.15, -0.1) is 6.58 Å². The molecule has 1 aromatic heterocycles. The number of rotatable bonds is 2. The molecule has 92 valence electrons. The highest BCUT2D eigenvalue weighted by Gasteiger charge is 2.28. The summed E-state index contributed by atoms with van der Waals surface area (Å²) in [5.74, 6) is 0.396. The summed E-state index contributed by atoms with van der Waals surface area (Å²) >= 11 is 3.40. The summed E-state index contributed by atoms with van der Waals surface area (Å²) in [4.78, 5) is 13.7. The third-order valence-electron chi connectivity index (χ3n) is 3.29. The Balaban J connectivity index is 1.99. The van der Waals surface area contributed by atoms with Gasteiger partial charge in [-0.25, -0.2) is 0 Å². The van der Waals surface area contributed by atoms with Gasteiger partial charge in [0.2, 0.25) is 5.91 Å². The molecule has 5 heteroatoms. The molecule has 0 spiro atoms. The Morgan fingerprint density at radius 1 is 1.56 bits per heavy atom. The number of aromatic amines is 1. The summed E-state index contributed by atoms with van der Waals surface area (Å²) in [5.41, 5.74) is 1.75. The molecule has 18 heavy (non-hydrogen) atoms. The molecule has 1 saturated heterocycles. The minimum Gasteiger partial charge on any atom is -0.312 e. The Hall–Kier alpha value is -1.62. The quantitative estimate of drug-likeness (QED) is 0.867. The largest absolute Gasteiger partial charge is 0.312 e. The third-order valence-corrected chi connectivity index (χ3v) is 3.90. The van der Waals surface area contributed by atoms with Crippen molar-refractivity contribution in [2.75, 3.05) is 11.4 Å². The highest BCUT2D eigenvalue weighted by atomic mass is 79.9. The standard InChI is InChI=1S/C13H12BrN3O/c1-2-8-5-12(18)17(7-8)9-3-4-10-11(6-9)15-16-13(10)14/h2-4,6,8H,1,5,7H2,(H,15,16). The van der Waals surface area contributed by atoms with Crippen LogP contribution in [-0.4, -0.2) is 22.6 Å². The van der Waals surface area contributed by atoms with Crippen molar-refractivity contribution in [3.05, 3.63) is 35.5 Å². The first-order valence-corrected chi connectivity index (χ1v) is 6.55. The van der Waals surface area contributed by atoms with E-state index in [0.29, 0.717) is 13.0 Å². The van der Waals surface area contributed by atoms with Crippen molar-refractivity contribution in [3.8, 4) is 0 Å². The lowest BCUT2D eigenvalue weighted by molar-refractivity contribution is -0.117. The van der Waals surface area contributed by atoms with Gasteiger partial charge in [-0.2, -0.15) is 5.10 Å². The molecule has 2 heterocycles. The van der Waals surface area contributed by atoms with E-state index in [2.05, 4.69) is 32.7 Å². The minimum absolute atomic E-state index is 0.147. The number of hydrogen-bond acceptors (Lipinski definition) is 2. The SMILES string of the molecule is C=CC1CC(=O)N(c2ccc3c(Br)[nH]nc3c2)C1. The number of halogens is 1. The summed E-state index contributed by atoms with van der Waals surface area (Å²) in [7, 11) is 0. The first kappa shape index (κ1) is 11.5. The van der Waals surface area contributed by atoms with Gasteiger partial charge in [-0.05, 0) is 34.1 Å². The summed E-state index contributed by atoms with van der Waals surface area (Å²) in [6.07, 6.45) is 2.40. The van der Waals surface area contributed by atoms with Gasteiger partial charge >= 0.3 is 0 Å². The molecule has 1 aliphatic heterocycles. The number of nitrogens with one attached hydrogen (secondary N) is 1. The molecule has 1 aromatic carbocycles. The summed E-state index contributed by atoms with van der Waals surface area (Å²) in [6.45, 7) is 4.46. The maximum atomic E-state index is 11.9. The molecule has 1 fully saturated rings. The Morgan fingerprint density at radius 2 is 2.39 bits per heavy atom. The van der Waals surface area contributed by atoms with Crippen molar-refractivity contribution in [2.24, 2.45) is 5.92 Å². The van der Waals surface area contributed by atoms with E-state index in [4.69, 9.17) is 0 Å². The minimum atomic E-state index is 0.147. The maximum Gasteiger partial charge on any atom is 0.227 e. The van der Waals surface area contributed by atoms with E-state index in [1.54, 1.807) is 4.90 Å². The van der Waals surface area contributed by atoms with Gasteiger partial charge in [0.25, 0.3) is 0 Å². The average molecular weight is 306 g/mol.